The van der Waals surface area contributed by atoms with Crippen molar-refractivity contribution in [1.29, 1.82) is 0 Å². The fraction of sp³-hybridized carbons (Fsp3) is 0.652. The fourth-order valence-corrected chi connectivity index (χ4v) is 3.60. The highest BCUT2D eigenvalue weighted by Gasteiger charge is 2.20. The number of rotatable bonds is 11. The Bertz CT molecular complexity index is 679. The van der Waals surface area contributed by atoms with Crippen LogP contribution in [0.4, 0.5) is 0 Å². The van der Waals surface area contributed by atoms with Crippen LogP contribution in [-0.4, -0.2) is 52.3 Å². The minimum absolute atomic E-state index is 0. The second-order valence-electron chi connectivity index (χ2n) is 7.78. The number of nitrogens with zero attached hydrogens (tertiary/aromatic N) is 1. The number of aliphatic imine (C=N–C) groups is 1. The van der Waals surface area contributed by atoms with Crippen molar-refractivity contribution in [2.45, 2.75) is 52.0 Å². The predicted octanol–water partition coefficient (Wildman–Crippen LogP) is 3.39. The van der Waals surface area contributed by atoms with Gasteiger partial charge in [-0.3, -0.25) is 9.79 Å². The third kappa shape index (κ3) is 10.5. The van der Waals surface area contributed by atoms with E-state index in [0.717, 1.165) is 36.1 Å². The first-order valence-electron chi connectivity index (χ1n) is 11.1. The third-order valence-corrected chi connectivity index (χ3v) is 5.34. The van der Waals surface area contributed by atoms with Gasteiger partial charge in [-0.1, -0.05) is 31.4 Å². The van der Waals surface area contributed by atoms with Crippen LogP contribution in [0.1, 0.15) is 49.7 Å². The van der Waals surface area contributed by atoms with Crippen LogP contribution in [0.3, 0.4) is 0 Å². The standard InChI is InChI=1S/C23H38N4O3.HI/c1-18-10-11-20(21(16-18)30-15-7-14-29-3)17-27-23(24-2)26-13-12-25-22(28)19-8-5-4-6-9-19;/h10-11,16,19H,4-9,12-15,17H2,1-3H3,(H,25,28)(H2,24,26,27);1H. The van der Waals surface area contributed by atoms with Crippen molar-refractivity contribution in [2.24, 2.45) is 10.9 Å². The topological polar surface area (TPSA) is 84.0 Å². The number of carbonyl (C=O) groups excluding carboxylic acids is 1. The van der Waals surface area contributed by atoms with Crippen LogP contribution in [-0.2, 0) is 16.1 Å². The molecule has 1 amide bonds. The van der Waals surface area contributed by atoms with E-state index in [1.165, 1.54) is 19.3 Å². The SMILES string of the molecule is CN=C(NCCNC(=O)C1CCCCC1)NCc1ccc(C)cc1OCCCOC.I. The number of hydrogen-bond acceptors (Lipinski definition) is 4. The maximum Gasteiger partial charge on any atom is 0.223 e. The van der Waals surface area contributed by atoms with Gasteiger partial charge < -0.3 is 25.4 Å². The lowest BCUT2D eigenvalue weighted by molar-refractivity contribution is -0.125. The number of ether oxygens (including phenoxy) is 2. The lowest BCUT2D eigenvalue weighted by Crippen LogP contribution is -2.42. The van der Waals surface area contributed by atoms with E-state index in [4.69, 9.17) is 9.47 Å². The minimum Gasteiger partial charge on any atom is -0.493 e. The summed E-state index contributed by atoms with van der Waals surface area (Å²) < 4.78 is 11.0. The number of guanidine groups is 1. The quantitative estimate of drug-likeness (QED) is 0.172. The van der Waals surface area contributed by atoms with Gasteiger partial charge in [0.1, 0.15) is 5.75 Å². The van der Waals surface area contributed by atoms with Crippen LogP contribution < -0.4 is 20.7 Å². The second-order valence-corrected chi connectivity index (χ2v) is 7.78. The Labute approximate surface area is 204 Å². The molecule has 0 heterocycles. The highest BCUT2D eigenvalue weighted by atomic mass is 127. The smallest absolute Gasteiger partial charge is 0.223 e. The van der Waals surface area contributed by atoms with Gasteiger partial charge in [-0.2, -0.15) is 0 Å². The summed E-state index contributed by atoms with van der Waals surface area (Å²) in [7, 11) is 3.44. The van der Waals surface area contributed by atoms with Gasteiger partial charge in [0.05, 0.1) is 6.61 Å². The molecule has 0 saturated heterocycles. The molecular formula is C23H39IN4O3. The summed E-state index contributed by atoms with van der Waals surface area (Å²) in [5.74, 6) is 1.97. The number of aryl methyl sites for hydroxylation is 1. The van der Waals surface area contributed by atoms with Crippen LogP contribution in [0, 0.1) is 12.8 Å². The van der Waals surface area contributed by atoms with E-state index in [9.17, 15) is 4.79 Å². The van der Waals surface area contributed by atoms with E-state index in [-0.39, 0.29) is 35.8 Å². The lowest BCUT2D eigenvalue weighted by Gasteiger charge is -2.21. The van der Waals surface area contributed by atoms with Crippen LogP contribution in [0.15, 0.2) is 23.2 Å². The minimum atomic E-state index is 0. The molecule has 0 aliphatic heterocycles. The van der Waals surface area contributed by atoms with Gasteiger partial charge >= 0.3 is 0 Å². The first-order valence-corrected chi connectivity index (χ1v) is 11.1. The first-order chi connectivity index (χ1) is 14.6. The Kier molecular flexibility index (Phi) is 14.3. The lowest BCUT2D eigenvalue weighted by atomic mass is 9.89. The summed E-state index contributed by atoms with van der Waals surface area (Å²) in [6.07, 6.45) is 6.50. The van der Waals surface area contributed by atoms with Crippen LogP contribution in [0.2, 0.25) is 0 Å². The van der Waals surface area contributed by atoms with E-state index >= 15 is 0 Å². The maximum absolute atomic E-state index is 12.2. The van der Waals surface area contributed by atoms with E-state index < -0.39 is 0 Å². The Hall–Kier alpha value is -1.55. The molecule has 0 spiro atoms. The van der Waals surface area contributed by atoms with Crippen molar-refractivity contribution >= 4 is 35.8 Å². The summed E-state index contributed by atoms with van der Waals surface area (Å²) in [5.41, 5.74) is 2.24. The molecule has 0 bridgehead atoms. The average Bonchev–Trinajstić information content (AvgIpc) is 2.77. The molecule has 1 saturated carbocycles. The average molecular weight is 546 g/mol. The largest absolute Gasteiger partial charge is 0.493 e. The van der Waals surface area contributed by atoms with E-state index in [1.54, 1.807) is 14.2 Å². The number of halogens is 1. The summed E-state index contributed by atoms with van der Waals surface area (Å²) >= 11 is 0. The number of nitrogens with one attached hydrogen (secondary N) is 3. The summed E-state index contributed by atoms with van der Waals surface area (Å²) in [6, 6.07) is 6.21. The number of benzene rings is 1. The molecule has 3 N–H and O–H groups in total. The van der Waals surface area contributed by atoms with Crippen LogP contribution in [0.5, 0.6) is 5.75 Å². The van der Waals surface area contributed by atoms with Crippen molar-refractivity contribution < 1.29 is 14.3 Å². The van der Waals surface area contributed by atoms with Crippen molar-refractivity contribution in [3.05, 3.63) is 29.3 Å². The highest BCUT2D eigenvalue weighted by molar-refractivity contribution is 14.0. The third-order valence-electron chi connectivity index (χ3n) is 5.34. The molecule has 1 aliphatic carbocycles. The van der Waals surface area contributed by atoms with Crippen LogP contribution in [0.25, 0.3) is 0 Å². The Balaban J connectivity index is 0.00000480. The van der Waals surface area contributed by atoms with E-state index in [2.05, 4.69) is 46.1 Å². The molecule has 1 aromatic rings. The van der Waals surface area contributed by atoms with E-state index in [0.29, 0.717) is 38.8 Å². The van der Waals surface area contributed by atoms with Gasteiger partial charge in [0.15, 0.2) is 5.96 Å². The normalized spacial score (nSPS) is 14.5. The maximum atomic E-state index is 12.2. The van der Waals surface area contributed by atoms with Gasteiger partial charge in [-0.25, -0.2) is 0 Å². The molecule has 0 atom stereocenters. The first kappa shape index (κ1) is 27.5. The van der Waals surface area contributed by atoms with Crippen molar-refractivity contribution in [3.63, 3.8) is 0 Å². The molecule has 176 valence electrons. The molecule has 8 heteroatoms. The zero-order chi connectivity index (χ0) is 21.6. The predicted molar refractivity (Wildman–Crippen MR) is 136 cm³/mol. The van der Waals surface area contributed by atoms with Gasteiger partial charge in [0.25, 0.3) is 0 Å². The number of amides is 1. The van der Waals surface area contributed by atoms with Crippen LogP contribution >= 0.6 is 24.0 Å². The Morgan fingerprint density at radius 1 is 1.10 bits per heavy atom. The molecule has 1 aliphatic rings. The van der Waals surface area contributed by atoms with Gasteiger partial charge in [-0.15, -0.1) is 24.0 Å². The highest BCUT2D eigenvalue weighted by Crippen LogP contribution is 2.23. The number of carbonyl (C=O) groups is 1. The van der Waals surface area contributed by atoms with Crippen molar-refractivity contribution in [3.8, 4) is 5.75 Å². The molecule has 0 unspecified atom stereocenters. The molecule has 1 fully saturated rings. The van der Waals surface area contributed by atoms with Gasteiger partial charge in [0.2, 0.25) is 5.91 Å². The fourth-order valence-electron chi connectivity index (χ4n) is 3.60. The molecular weight excluding hydrogens is 507 g/mol. The molecule has 7 nitrogen and oxygen atoms in total. The Morgan fingerprint density at radius 3 is 2.55 bits per heavy atom. The summed E-state index contributed by atoms with van der Waals surface area (Å²) in [5, 5.41) is 9.62. The van der Waals surface area contributed by atoms with Gasteiger partial charge in [-0.05, 0) is 31.4 Å². The monoisotopic (exact) mass is 546 g/mol. The zero-order valence-corrected chi connectivity index (χ0v) is 21.5. The zero-order valence-electron chi connectivity index (χ0n) is 19.2. The number of hydrogen-bond donors (Lipinski definition) is 3. The van der Waals surface area contributed by atoms with Crippen molar-refractivity contribution in [2.75, 3.05) is 40.5 Å². The number of methoxy groups -OCH3 is 1. The molecule has 2 rings (SSSR count). The second kappa shape index (κ2) is 16.1. The summed E-state index contributed by atoms with van der Waals surface area (Å²) in [6.45, 7) is 5.20. The molecule has 0 aromatic heterocycles. The molecule has 1 aromatic carbocycles. The van der Waals surface area contributed by atoms with Gasteiger partial charge in [0, 0.05) is 58.3 Å². The molecule has 31 heavy (non-hydrogen) atoms. The summed E-state index contributed by atoms with van der Waals surface area (Å²) in [4.78, 5) is 16.5. The Morgan fingerprint density at radius 2 is 1.84 bits per heavy atom. The molecule has 0 radical (unpaired) electrons. The van der Waals surface area contributed by atoms with Crippen molar-refractivity contribution in [1.82, 2.24) is 16.0 Å². The van der Waals surface area contributed by atoms with E-state index in [1.807, 2.05) is 0 Å².